The molecule has 2 amide bonds. The standard InChI is InChI=1S/C32H40N4O4/c1-24(37)34-21-15-27-11-12-29(23-31(27)34)35(32(38)13-10-26-8-5-9-30(22-26)36(39)40)28-16-19-33(20-17-28)18-14-25-6-3-2-4-7-25/h5,8-13,22-23,25,28H,2-4,6-7,14-21H2,1H3/b13-10+. The molecule has 8 nitrogen and oxygen atoms in total. The molecule has 0 aromatic heterocycles. The van der Waals surface area contributed by atoms with E-state index in [-0.39, 0.29) is 23.5 Å². The summed E-state index contributed by atoms with van der Waals surface area (Å²) < 4.78 is 0. The van der Waals surface area contributed by atoms with Crippen LogP contribution in [-0.2, 0) is 16.0 Å². The van der Waals surface area contributed by atoms with Crippen LogP contribution in [0.5, 0.6) is 0 Å². The lowest BCUT2D eigenvalue weighted by Crippen LogP contribution is -2.47. The number of amides is 2. The zero-order valence-corrected chi connectivity index (χ0v) is 23.5. The van der Waals surface area contributed by atoms with Crippen LogP contribution in [0.15, 0.2) is 48.5 Å². The van der Waals surface area contributed by atoms with Crippen molar-refractivity contribution in [3.63, 3.8) is 0 Å². The van der Waals surface area contributed by atoms with Crippen LogP contribution in [0.1, 0.15) is 69.4 Å². The number of hydrogen-bond donors (Lipinski definition) is 0. The Morgan fingerprint density at radius 3 is 2.52 bits per heavy atom. The van der Waals surface area contributed by atoms with Gasteiger partial charge in [-0.15, -0.1) is 0 Å². The second kappa shape index (κ2) is 12.8. The smallest absolute Gasteiger partial charge is 0.270 e. The first kappa shape index (κ1) is 28.0. The summed E-state index contributed by atoms with van der Waals surface area (Å²) in [4.78, 5) is 43.0. The van der Waals surface area contributed by atoms with Gasteiger partial charge in [-0.25, -0.2) is 0 Å². The Kier molecular flexibility index (Phi) is 8.94. The van der Waals surface area contributed by atoms with Crippen LogP contribution >= 0.6 is 0 Å². The molecule has 2 aliphatic heterocycles. The fourth-order valence-electron chi connectivity index (χ4n) is 6.59. The maximum Gasteiger partial charge on any atom is 0.270 e. The number of benzene rings is 2. The second-order valence-electron chi connectivity index (χ2n) is 11.5. The molecule has 40 heavy (non-hydrogen) atoms. The lowest BCUT2D eigenvalue weighted by atomic mass is 9.87. The summed E-state index contributed by atoms with van der Waals surface area (Å²) in [7, 11) is 0. The van der Waals surface area contributed by atoms with Crippen molar-refractivity contribution in [2.45, 2.75) is 70.8 Å². The molecule has 2 aromatic carbocycles. The van der Waals surface area contributed by atoms with Crippen molar-refractivity contribution in [2.75, 3.05) is 36.0 Å². The average molecular weight is 545 g/mol. The first-order chi connectivity index (χ1) is 19.4. The highest BCUT2D eigenvalue weighted by atomic mass is 16.6. The zero-order valence-electron chi connectivity index (χ0n) is 23.5. The Bertz CT molecular complexity index is 1260. The van der Waals surface area contributed by atoms with Crippen LogP contribution < -0.4 is 9.80 Å². The summed E-state index contributed by atoms with van der Waals surface area (Å²) in [5.74, 6) is 0.712. The van der Waals surface area contributed by atoms with Crippen LogP contribution in [0, 0.1) is 16.0 Å². The SMILES string of the molecule is CC(=O)N1CCc2ccc(N(C(=O)/C=C/c3cccc([N+](=O)[O-])c3)C3CCN(CCC4CCCCC4)CC3)cc21. The molecule has 1 saturated heterocycles. The monoisotopic (exact) mass is 544 g/mol. The zero-order chi connectivity index (χ0) is 28.1. The van der Waals surface area contributed by atoms with E-state index in [4.69, 9.17) is 0 Å². The number of hydrogen-bond acceptors (Lipinski definition) is 5. The van der Waals surface area contributed by atoms with Gasteiger partial charge in [0.2, 0.25) is 5.91 Å². The van der Waals surface area contributed by atoms with Gasteiger partial charge >= 0.3 is 0 Å². The molecule has 0 spiro atoms. The minimum atomic E-state index is -0.432. The number of nitro groups is 1. The van der Waals surface area contributed by atoms with E-state index < -0.39 is 4.92 Å². The van der Waals surface area contributed by atoms with Gasteiger partial charge in [0, 0.05) is 62.2 Å². The van der Waals surface area contributed by atoms with Gasteiger partial charge in [-0.3, -0.25) is 19.7 Å². The number of non-ortho nitro benzene ring substituents is 1. The Hall–Kier alpha value is -3.52. The molecule has 2 fully saturated rings. The largest absolute Gasteiger partial charge is 0.312 e. The van der Waals surface area contributed by atoms with Crippen molar-refractivity contribution in [2.24, 2.45) is 5.92 Å². The molecule has 0 bridgehead atoms. The van der Waals surface area contributed by atoms with E-state index in [1.54, 1.807) is 30.0 Å². The van der Waals surface area contributed by atoms with E-state index >= 15 is 0 Å². The molecule has 0 atom stereocenters. The third kappa shape index (κ3) is 6.61. The number of likely N-dealkylation sites (tertiary alicyclic amines) is 1. The Balaban J connectivity index is 1.34. The van der Waals surface area contributed by atoms with Crippen molar-refractivity contribution in [1.82, 2.24) is 4.90 Å². The Morgan fingerprint density at radius 1 is 1.02 bits per heavy atom. The second-order valence-corrected chi connectivity index (χ2v) is 11.5. The maximum atomic E-state index is 13.8. The quantitative estimate of drug-likeness (QED) is 0.232. The van der Waals surface area contributed by atoms with Crippen LogP contribution in [0.2, 0.25) is 0 Å². The highest BCUT2D eigenvalue weighted by molar-refractivity contribution is 6.05. The number of piperidine rings is 1. The van der Waals surface area contributed by atoms with Crippen LogP contribution in [-0.4, -0.2) is 53.9 Å². The molecule has 3 aliphatic rings. The van der Waals surface area contributed by atoms with E-state index in [0.29, 0.717) is 12.1 Å². The lowest BCUT2D eigenvalue weighted by molar-refractivity contribution is -0.384. The minimum Gasteiger partial charge on any atom is -0.312 e. The molecular formula is C32H40N4O4. The van der Waals surface area contributed by atoms with E-state index in [9.17, 15) is 19.7 Å². The summed E-state index contributed by atoms with van der Waals surface area (Å²) in [6, 6.07) is 12.4. The van der Waals surface area contributed by atoms with Crippen molar-refractivity contribution in [3.05, 3.63) is 69.8 Å². The van der Waals surface area contributed by atoms with Gasteiger partial charge < -0.3 is 14.7 Å². The molecule has 2 heterocycles. The third-order valence-corrected chi connectivity index (χ3v) is 8.86. The molecule has 2 aromatic rings. The molecule has 1 aliphatic carbocycles. The third-order valence-electron chi connectivity index (χ3n) is 8.86. The normalized spacial score (nSPS) is 18.7. The Labute approximate surface area is 236 Å². The molecule has 8 heteroatoms. The topological polar surface area (TPSA) is 87.0 Å². The van der Waals surface area contributed by atoms with Gasteiger partial charge in [-0.2, -0.15) is 0 Å². The molecule has 0 N–H and O–H groups in total. The first-order valence-electron chi connectivity index (χ1n) is 14.8. The number of rotatable bonds is 8. The van der Waals surface area contributed by atoms with Gasteiger partial charge in [0.15, 0.2) is 0 Å². The number of fused-ring (bicyclic) bond motifs is 1. The lowest BCUT2D eigenvalue weighted by Gasteiger charge is -2.39. The van der Waals surface area contributed by atoms with Crippen LogP contribution in [0.25, 0.3) is 6.08 Å². The number of nitro benzene ring substituents is 1. The molecular weight excluding hydrogens is 504 g/mol. The van der Waals surface area contributed by atoms with E-state index in [2.05, 4.69) is 4.90 Å². The van der Waals surface area contributed by atoms with Crippen molar-refractivity contribution in [3.8, 4) is 0 Å². The van der Waals surface area contributed by atoms with E-state index in [1.807, 2.05) is 23.1 Å². The maximum absolute atomic E-state index is 13.8. The predicted molar refractivity (Wildman–Crippen MR) is 158 cm³/mol. The number of carbonyl (C=O) groups excluding carboxylic acids is 2. The summed E-state index contributed by atoms with van der Waals surface area (Å²) in [5.41, 5.74) is 3.40. The highest BCUT2D eigenvalue weighted by Crippen LogP contribution is 2.35. The summed E-state index contributed by atoms with van der Waals surface area (Å²) in [6.07, 6.45) is 13.9. The van der Waals surface area contributed by atoms with Gasteiger partial charge in [-0.05, 0) is 67.5 Å². The minimum absolute atomic E-state index is 0.00463. The average Bonchev–Trinajstić information content (AvgIpc) is 3.40. The first-order valence-corrected chi connectivity index (χ1v) is 14.8. The molecule has 5 rings (SSSR count). The van der Waals surface area contributed by atoms with Crippen molar-refractivity contribution in [1.29, 1.82) is 0 Å². The Morgan fingerprint density at radius 2 is 1.80 bits per heavy atom. The fraction of sp³-hybridized carbons (Fsp3) is 0.500. The predicted octanol–water partition coefficient (Wildman–Crippen LogP) is 5.99. The van der Waals surface area contributed by atoms with Crippen LogP contribution in [0.4, 0.5) is 17.1 Å². The molecule has 0 unspecified atom stereocenters. The summed E-state index contributed by atoms with van der Waals surface area (Å²) >= 11 is 0. The van der Waals surface area contributed by atoms with Crippen molar-refractivity contribution >= 4 is 35.0 Å². The van der Waals surface area contributed by atoms with E-state index in [1.165, 1.54) is 56.7 Å². The van der Waals surface area contributed by atoms with E-state index in [0.717, 1.165) is 61.8 Å². The van der Waals surface area contributed by atoms with Gasteiger partial charge in [-0.1, -0.05) is 50.3 Å². The van der Waals surface area contributed by atoms with Gasteiger partial charge in [0.05, 0.1) is 4.92 Å². The van der Waals surface area contributed by atoms with Crippen molar-refractivity contribution < 1.29 is 14.5 Å². The molecule has 1 saturated carbocycles. The van der Waals surface area contributed by atoms with Gasteiger partial charge in [0.25, 0.3) is 11.6 Å². The van der Waals surface area contributed by atoms with Gasteiger partial charge in [0.1, 0.15) is 0 Å². The number of nitrogens with zero attached hydrogens (tertiary/aromatic N) is 4. The highest BCUT2D eigenvalue weighted by Gasteiger charge is 2.31. The molecule has 212 valence electrons. The summed E-state index contributed by atoms with van der Waals surface area (Å²) in [5, 5.41) is 11.2. The number of anilines is 2. The number of carbonyl (C=O) groups is 2. The van der Waals surface area contributed by atoms with Crippen LogP contribution in [0.3, 0.4) is 0 Å². The fourth-order valence-corrected chi connectivity index (χ4v) is 6.59. The molecule has 0 radical (unpaired) electrons. The summed E-state index contributed by atoms with van der Waals surface area (Å²) in [6.45, 7) is 5.29.